The number of fused-ring (bicyclic) bond motifs is 1. The van der Waals surface area contributed by atoms with Crippen molar-refractivity contribution in [2.75, 3.05) is 13.7 Å². The van der Waals surface area contributed by atoms with Crippen molar-refractivity contribution in [2.24, 2.45) is 4.99 Å². The Morgan fingerprint density at radius 2 is 2.09 bits per heavy atom. The van der Waals surface area contributed by atoms with Gasteiger partial charge in [-0.15, -0.1) is 0 Å². The number of hydrogen-bond acceptors (Lipinski definition) is 8. The molecule has 9 nitrogen and oxygen atoms in total. The van der Waals surface area contributed by atoms with Gasteiger partial charge >= 0.3 is 0 Å². The summed E-state index contributed by atoms with van der Waals surface area (Å²) in [5.41, 5.74) is 3.64. The molecular formula is C23H22N7O2. The maximum absolute atomic E-state index is 9.41. The van der Waals surface area contributed by atoms with Crippen molar-refractivity contribution in [3.8, 4) is 6.07 Å². The lowest BCUT2D eigenvalue weighted by Crippen LogP contribution is -2.23. The van der Waals surface area contributed by atoms with Gasteiger partial charge in [0.15, 0.2) is 11.5 Å². The summed E-state index contributed by atoms with van der Waals surface area (Å²) in [5.74, 6) is 0.968. The number of rotatable bonds is 4. The molecule has 0 N–H and O–H groups in total. The van der Waals surface area contributed by atoms with Crippen molar-refractivity contribution < 1.29 is 9.26 Å². The summed E-state index contributed by atoms with van der Waals surface area (Å²) in [5, 5.41) is 18.0. The van der Waals surface area contributed by atoms with Gasteiger partial charge in [-0.2, -0.15) is 15.3 Å². The van der Waals surface area contributed by atoms with Gasteiger partial charge in [0.2, 0.25) is 5.89 Å². The minimum Gasteiger partial charge on any atom is -0.372 e. The van der Waals surface area contributed by atoms with Gasteiger partial charge in [-0.25, -0.2) is 4.99 Å². The Morgan fingerprint density at radius 3 is 2.84 bits per heavy atom. The smallest absolute Gasteiger partial charge is 0.248 e. The Morgan fingerprint density at radius 1 is 1.31 bits per heavy atom. The van der Waals surface area contributed by atoms with Crippen LogP contribution in [-0.2, 0) is 16.7 Å². The third-order valence-electron chi connectivity index (χ3n) is 6.00. The van der Waals surface area contributed by atoms with E-state index in [2.05, 4.69) is 64.4 Å². The fraction of sp³-hybridized carbons (Fsp3) is 0.348. The van der Waals surface area contributed by atoms with Crippen LogP contribution in [0.15, 0.2) is 33.8 Å². The average Bonchev–Trinajstić information content (AvgIpc) is 3.50. The molecule has 0 aliphatic carbocycles. The van der Waals surface area contributed by atoms with Crippen molar-refractivity contribution in [1.82, 2.24) is 24.8 Å². The highest BCUT2D eigenvalue weighted by atomic mass is 16.5. The summed E-state index contributed by atoms with van der Waals surface area (Å²) in [6.45, 7) is 11.0. The summed E-state index contributed by atoms with van der Waals surface area (Å²) in [6.07, 6.45) is 2.30. The molecule has 2 aromatic heterocycles. The molecule has 161 valence electrons. The van der Waals surface area contributed by atoms with Gasteiger partial charge in [-0.3, -0.25) is 4.68 Å². The second kappa shape index (κ2) is 7.43. The lowest BCUT2D eigenvalue weighted by atomic mass is 9.85. The Balaban J connectivity index is 1.38. The number of benzene rings is 1. The largest absolute Gasteiger partial charge is 0.372 e. The van der Waals surface area contributed by atoms with E-state index in [0.29, 0.717) is 35.4 Å². The minimum atomic E-state index is -0.367. The number of nitrogens with zero attached hydrogens (tertiary/aromatic N) is 7. The number of hydrogen-bond donors (Lipinski definition) is 0. The molecule has 3 aromatic rings. The predicted molar refractivity (Wildman–Crippen MR) is 116 cm³/mol. The highest BCUT2D eigenvalue weighted by molar-refractivity contribution is 5.85. The number of aromatic nitrogens is 4. The van der Waals surface area contributed by atoms with Crippen molar-refractivity contribution in [1.29, 1.82) is 5.26 Å². The Hall–Kier alpha value is -3.77. The molecular weight excluding hydrogens is 406 g/mol. The first kappa shape index (κ1) is 20.2. The van der Waals surface area contributed by atoms with E-state index in [1.165, 1.54) is 5.56 Å². The molecule has 0 bridgehead atoms. The number of ether oxygens (including phenoxy) is 1. The minimum absolute atomic E-state index is 0.0123. The topological polar surface area (TPSA) is 105 Å². The van der Waals surface area contributed by atoms with E-state index in [1.54, 1.807) is 23.0 Å². The average molecular weight is 428 g/mol. The molecule has 1 saturated heterocycles. The van der Waals surface area contributed by atoms with Crippen molar-refractivity contribution in [2.45, 2.75) is 38.3 Å². The molecule has 2 atom stereocenters. The van der Waals surface area contributed by atoms with Crippen LogP contribution in [0.1, 0.15) is 53.7 Å². The molecule has 2 aliphatic rings. The highest BCUT2D eigenvalue weighted by Gasteiger charge is 2.42. The van der Waals surface area contributed by atoms with E-state index in [4.69, 9.17) is 15.8 Å². The van der Waals surface area contributed by atoms with Crippen LogP contribution in [0.5, 0.6) is 0 Å². The van der Waals surface area contributed by atoms with Crippen LogP contribution in [0, 0.1) is 24.8 Å². The fourth-order valence-corrected chi connectivity index (χ4v) is 4.05. The van der Waals surface area contributed by atoms with E-state index in [9.17, 15) is 5.26 Å². The SMILES string of the molecule is [CH]=C1c2c(c(C#N)nn2Cc2nc([C@]3(C)CO[C@@H](c4ccc(C)cc4)C3)no2)N=CN1C. The van der Waals surface area contributed by atoms with E-state index < -0.39 is 0 Å². The zero-order valence-corrected chi connectivity index (χ0v) is 18.1. The molecule has 5 rings (SSSR count). The normalized spacial score (nSPS) is 22.2. The van der Waals surface area contributed by atoms with Gasteiger partial charge in [0.25, 0.3) is 0 Å². The first-order valence-corrected chi connectivity index (χ1v) is 10.3. The highest BCUT2D eigenvalue weighted by Crippen LogP contribution is 2.42. The molecule has 1 aromatic carbocycles. The zero-order chi connectivity index (χ0) is 22.5. The van der Waals surface area contributed by atoms with Gasteiger partial charge in [0.1, 0.15) is 24.0 Å². The van der Waals surface area contributed by atoms with Crippen molar-refractivity contribution >= 4 is 17.7 Å². The fourth-order valence-electron chi connectivity index (χ4n) is 4.05. The van der Waals surface area contributed by atoms with Crippen LogP contribution in [0.25, 0.3) is 5.70 Å². The molecule has 0 amide bonds. The summed E-state index contributed by atoms with van der Waals surface area (Å²) in [4.78, 5) is 10.6. The molecule has 1 radical (unpaired) electrons. The molecule has 0 saturated carbocycles. The van der Waals surface area contributed by atoms with Crippen LogP contribution in [0.3, 0.4) is 0 Å². The van der Waals surface area contributed by atoms with Crippen molar-refractivity contribution in [3.05, 3.63) is 65.1 Å². The van der Waals surface area contributed by atoms with E-state index in [-0.39, 0.29) is 23.8 Å². The van der Waals surface area contributed by atoms with Crippen LogP contribution < -0.4 is 0 Å². The summed E-state index contributed by atoms with van der Waals surface area (Å²) in [6, 6.07) is 10.4. The molecule has 0 spiro atoms. The first-order chi connectivity index (χ1) is 15.4. The van der Waals surface area contributed by atoms with E-state index >= 15 is 0 Å². The van der Waals surface area contributed by atoms with Gasteiger partial charge in [0.05, 0.1) is 30.2 Å². The predicted octanol–water partition coefficient (Wildman–Crippen LogP) is 3.29. The van der Waals surface area contributed by atoms with Crippen LogP contribution in [-0.4, -0.2) is 44.8 Å². The third kappa shape index (κ3) is 3.29. The monoisotopic (exact) mass is 428 g/mol. The first-order valence-electron chi connectivity index (χ1n) is 10.3. The standard InChI is InChI=1S/C23H22N7O2/c1-14-5-7-16(8-6-14)18-9-23(3,12-31-18)22-26-19(32-28-22)11-30-21-15(2)29(4)13-25-20(21)17(10-24)27-30/h2,5-8,13,18H,9,11-12H2,1,3-4H3/t18-,23+/m1/s1. The van der Waals surface area contributed by atoms with Crippen LogP contribution in [0.4, 0.5) is 5.69 Å². The second-order valence-electron chi connectivity index (χ2n) is 8.54. The van der Waals surface area contributed by atoms with E-state index in [0.717, 1.165) is 12.0 Å². The van der Waals surface area contributed by atoms with Gasteiger partial charge in [-0.05, 0) is 32.4 Å². The molecule has 4 heterocycles. The summed E-state index contributed by atoms with van der Waals surface area (Å²) < 4.78 is 13.2. The molecule has 9 heteroatoms. The summed E-state index contributed by atoms with van der Waals surface area (Å²) >= 11 is 0. The van der Waals surface area contributed by atoms with Gasteiger partial charge in [0, 0.05) is 7.05 Å². The van der Waals surface area contributed by atoms with Gasteiger partial charge < -0.3 is 14.2 Å². The quantitative estimate of drug-likeness (QED) is 0.628. The molecule has 2 aliphatic heterocycles. The lowest BCUT2D eigenvalue weighted by Gasteiger charge is -2.20. The lowest BCUT2D eigenvalue weighted by molar-refractivity contribution is 0.104. The second-order valence-corrected chi connectivity index (χ2v) is 8.54. The van der Waals surface area contributed by atoms with Crippen LogP contribution in [0.2, 0.25) is 0 Å². The Bertz CT molecular complexity index is 1260. The van der Waals surface area contributed by atoms with Gasteiger partial charge in [-0.1, -0.05) is 35.0 Å². The third-order valence-corrected chi connectivity index (χ3v) is 6.00. The maximum atomic E-state index is 9.41. The number of aryl methyl sites for hydroxylation is 1. The Kier molecular flexibility index (Phi) is 4.68. The molecule has 1 fully saturated rings. The Labute approximate surface area is 185 Å². The number of aliphatic imine (C=N–C) groups is 1. The van der Waals surface area contributed by atoms with Crippen molar-refractivity contribution in [3.63, 3.8) is 0 Å². The van der Waals surface area contributed by atoms with E-state index in [1.807, 2.05) is 0 Å². The number of nitriles is 1. The summed E-state index contributed by atoms with van der Waals surface area (Å²) in [7, 11) is 1.78. The van der Waals surface area contributed by atoms with Crippen LogP contribution >= 0.6 is 0 Å². The maximum Gasteiger partial charge on any atom is 0.248 e. The molecule has 32 heavy (non-hydrogen) atoms. The zero-order valence-electron chi connectivity index (χ0n) is 18.1. The molecule has 0 unspecified atom stereocenters.